The highest BCUT2D eigenvalue weighted by molar-refractivity contribution is 7.18. The van der Waals surface area contributed by atoms with E-state index in [0.717, 1.165) is 38.6 Å². The Bertz CT molecular complexity index is 971. The van der Waals surface area contributed by atoms with Crippen LogP contribution >= 0.6 is 22.7 Å². The molecule has 0 bridgehead atoms. The number of para-hydroxylation sites is 1. The average molecular weight is 400 g/mol. The summed E-state index contributed by atoms with van der Waals surface area (Å²) in [6, 6.07) is 9.94. The van der Waals surface area contributed by atoms with E-state index in [1.54, 1.807) is 11.3 Å². The van der Waals surface area contributed by atoms with Gasteiger partial charge in [0, 0.05) is 18.4 Å². The summed E-state index contributed by atoms with van der Waals surface area (Å²) in [6.45, 7) is 4.50. The van der Waals surface area contributed by atoms with Gasteiger partial charge in [0.2, 0.25) is 5.91 Å². The number of fused-ring (bicyclic) bond motifs is 1. The van der Waals surface area contributed by atoms with Gasteiger partial charge in [0.25, 0.3) is 5.91 Å². The Morgan fingerprint density at radius 1 is 1.26 bits per heavy atom. The number of amides is 2. The fourth-order valence-electron chi connectivity index (χ4n) is 2.85. The summed E-state index contributed by atoms with van der Waals surface area (Å²) in [5, 5.41) is 7.70. The third kappa shape index (κ3) is 4.04. The Kier molecular flexibility index (Phi) is 4.97. The number of aryl methyl sites for hydroxylation is 1. The van der Waals surface area contributed by atoms with Gasteiger partial charge in [-0.2, -0.15) is 0 Å². The fourth-order valence-corrected chi connectivity index (χ4v) is 4.86. The predicted octanol–water partition coefficient (Wildman–Crippen LogP) is 4.55. The molecule has 1 unspecified atom stereocenters. The van der Waals surface area contributed by atoms with Gasteiger partial charge in [-0.1, -0.05) is 19.1 Å². The highest BCUT2D eigenvalue weighted by atomic mass is 32.1. The summed E-state index contributed by atoms with van der Waals surface area (Å²) < 4.78 is 1.16. The van der Waals surface area contributed by atoms with Crippen molar-refractivity contribution in [1.29, 1.82) is 0 Å². The minimum atomic E-state index is -0.0996. The first-order chi connectivity index (χ1) is 13.0. The van der Waals surface area contributed by atoms with Gasteiger partial charge in [0.15, 0.2) is 0 Å². The Labute approximate surface area is 165 Å². The summed E-state index contributed by atoms with van der Waals surface area (Å²) >= 11 is 3.00. The molecule has 1 fully saturated rings. The summed E-state index contributed by atoms with van der Waals surface area (Å²) in [5.41, 5.74) is 1.89. The number of hydrogen-bond acceptors (Lipinski definition) is 5. The Morgan fingerprint density at radius 3 is 2.78 bits per heavy atom. The second-order valence-corrected chi connectivity index (χ2v) is 9.13. The number of benzene rings is 1. The molecule has 4 rings (SSSR count). The van der Waals surface area contributed by atoms with E-state index in [4.69, 9.17) is 0 Å². The van der Waals surface area contributed by atoms with Crippen LogP contribution in [0.15, 0.2) is 30.3 Å². The zero-order valence-corrected chi connectivity index (χ0v) is 16.9. The molecular weight excluding hydrogens is 378 g/mol. The monoisotopic (exact) mass is 399 g/mol. The standard InChI is InChI=1S/C20H21N3O2S2/c1-11-9-16(23-18(24)13-7-8-13)27-17(11)19(25)21-10-12(2)20-22-14-5-3-4-6-15(14)26-20/h3-6,9,12-13H,7-8,10H2,1-2H3,(H,21,25)(H,23,24). The van der Waals surface area contributed by atoms with Crippen molar-refractivity contribution in [3.05, 3.63) is 45.8 Å². The van der Waals surface area contributed by atoms with Gasteiger partial charge in [-0.15, -0.1) is 22.7 Å². The van der Waals surface area contributed by atoms with E-state index in [9.17, 15) is 9.59 Å². The van der Waals surface area contributed by atoms with Crippen molar-refractivity contribution in [3.8, 4) is 0 Å². The predicted molar refractivity (Wildman–Crippen MR) is 111 cm³/mol. The van der Waals surface area contributed by atoms with Crippen LogP contribution in [0.25, 0.3) is 10.2 Å². The van der Waals surface area contributed by atoms with Crippen molar-refractivity contribution >= 4 is 49.7 Å². The smallest absolute Gasteiger partial charge is 0.261 e. The molecule has 2 N–H and O–H groups in total. The van der Waals surface area contributed by atoms with E-state index in [1.165, 1.54) is 11.3 Å². The maximum atomic E-state index is 12.6. The molecule has 1 aromatic carbocycles. The van der Waals surface area contributed by atoms with E-state index < -0.39 is 0 Å². The van der Waals surface area contributed by atoms with Crippen LogP contribution in [0.4, 0.5) is 5.00 Å². The van der Waals surface area contributed by atoms with Crippen LogP contribution < -0.4 is 10.6 Å². The van der Waals surface area contributed by atoms with Crippen LogP contribution in [0.1, 0.15) is 45.9 Å². The van der Waals surface area contributed by atoms with Crippen molar-refractivity contribution in [2.75, 3.05) is 11.9 Å². The minimum Gasteiger partial charge on any atom is -0.351 e. The van der Waals surface area contributed by atoms with Gasteiger partial charge in [-0.05, 0) is 43.5 Å². The molecule has 1 atom stereocenters. The molecule has 1 saturated carbocycles. The van der Waals surface area contributed by atoms with Crippen LogP contribution in [0.5, 0.6) is 0 Å². The van der Waals surface area contributed by atoms with E-state index in [0.29, 0.717) is 11.4 Å². The van der Waals surface area contributed by atoms with Gasteiger partial charge in [-0.3, -0.25) is 9.59 Å². The third-order valence-corrected chi connectivity index (χ3v) is 7.04. The van der Waals surface area contributed by atoms with E-state index in [2.05, 4.69) is 28.6 Å². The number of carbonyl (C=O) groups excluding carboxylic acids is 2. The molecule has 2 aromatic heterocycles. The molecule has 7 heteroatoms. The number of nitrogens with zero attached hydrogens (tertiary/aromatic N) is 1. The molecule has 27 heavy (non-hydrogen) atoms. The summed E-state index contributed by atoms with van der Waals surface area (Å²) in [6.07, 6.45) is 1.93. The van der Waals surface area contributed by atoms with E-state index in [-0.39, 0.29) is 23.7 Å². The largest absolute Gasteiger partial charge is 0.351 e. The summed E-state index contributed by atoms with van der Waals surface area (Å²) in [5.74, 6) is 0.255. The number of aromatic nitrogens is 1. The van der Waals surface area contributed by atoms with Gasteiger partial charge >= 0.3 is 0 Å². The molecule has 2 heterocycles. The van der Waals surface area contributed by atoms with Crippen LogP contribution in [0, 0.1) is 12.8 Å². The number of thiophene rings is 1. The topological polar surface area (TPSA) is 71.1 Å². The minimum absolute atomic E-state index is 0.0627. The van der Waals surface area contributed by atoms with Gasteiger partial charge in [0.05, 0.1) is 25.1 Å². The van der Waals surface area contributed by atoms with Crippen molar-refractivity contribution in [3.63, 3.8) is 0 Å². The molecular formula is C20H21N3O2S2. The number of hydrogen-bond donors (Lipinski definition) is 2. The number of thiazole rings is 1. The summed E-state index contributed by atoms with van der Waals surface area (Å²) in [4.78, 5) is 29.8. The Morgan fingerprint density at radius 2 is 2.04 bits per heavy atom. The van der Waals surface area contributed by atoms with Crippen LogP contribution in [-0.2, 0) is 4.79 Å². The molecule has 5 nitrogen and oxygen atoms in total. The molecule has 140 valence electrons. The Hall–Kier alpha value is -2.25. The number of nitrogens with one attached hydrogen (secondary N) is 2. The second kappa shape index (κ2) is 7.40. The molecule has 0 saturated heterocycles. The molecule has 0 aliphatic heterocycles. The average Bonchev–Trinajstić information content (AvgIpc) is 3.32. The van der Waals surface area contributed by atoms with Crippen LogP contribution in [-0.4, -0.2) is 23.3 Å². The van der Waals surface area contributed by atoms with Gasteiger partial charge < -0.3 is 10.6 Å². The maximum Gasteiger partial charge on any atom is 0.261 e. The lowest BCUT2D eigenvalue weighted by Crippen LogP contribution is -2.27. The lowest BCUT2D eigenvalue weighted by atomic mass is 10.2. The molecule has 2 amide bonds. The molecule has 3 aromatic rings. The molecule has 0 radical (unpaired) electrons. The van der Waals surface area contributed by atoms with Crippen LogP contribution in [0.3, 0.4) is 0 Å². The number of anilines is 1. The van der Waals surface area contributed by atoms with Crippen molar-refractivity contribution < 1.29 is 9.59 Å². The number of rotatable bonds is 6. The van der Waals surface area contributed by atoms with E-state index >= 15 is 0 Å². The summed E-state index contributed by atoms with van der Waals surface area (Å²) in [7, 11) is 0. The van der Waals surface area contributed by atoms with Crippen LogP contribution in [0.2, 0.25) is 0 Å². The quantitative estimate of drug-likeness (QED) is 0.639. The molecule has 0 spiro atoms. The highest BCUT2D eigenvalue weighted by Gasteiger charge is 2.30. The first kappa shape index (κ1) is 18.1. The zero-order valence-electron chi connectivity index (χ0n) is 15.2. The lowest BCUT2D eigenvalue weighted by Gasteiger charge is -2.09. The number of carbonyl (C=O) groups is 2. The second-order valence-electron chi connectivity index (χ2n) is 7.02. The highest BCUT2D eigenvalue weighted by Crippen LogP contribution is 2.33. The maximum absolute atomic E-state index is 12.6. The first-order valence-electron chi connectivity index (χ1n) is 9.06. The lowest BCUT2D eigenvalue weighted by molar-refractivity contribution is -0.117. The fraction of sp³-hybridized carbons (Fsp3) is 0.350. The third-order valence-electron chi connectivity index (χ3n) is 4.62. The van der Waals surface area contributed by atoms with Gasteiger partial charge in [0.1, 0.15) is 0 Å². The first-order valence-corrected chi connectivity index (χ1v) is 10.7. The van der Waals surface area contributed by atoms with Gasteiger partial charge in [-0.25, -0.2) is 4.98 Å². The van der Waals surface area contributed by atoms with Crippen molar-refractivity contribution in [1.82, 2.24) is 10.3 Å². The zero-order chi connectivity index (χ0) is 19.0. The normalized spacial score (nSPS) is 14.9. The van der Waals surface area contributed by atoms with Crippen molar-refractivity contribution in [2.45, 2.75) is 32.6 Å². The Balaban J connectivity index is 1.38. The molecule has 1 aliphatic carbocycles. The van der Waals surface area contributed by atoms with Crippen molar-refractivity contribution in [2.24, 2.45) is 5.92 Å². The SMILES string of the molecule is Cc1cc(NC(=O)C2CC2)sc1C(=O)NCC(C)c1nc2ccccc2s1. The van der Waals surface area contributed by atoms with E-state index in [1.807, 2.05) is 31.2 Å². The molecule has 1 aliphatic rings.